The van der Waals surface area contributed by atoms with Gasteiger partial charge in [0, 0.05) is 18.2 Å². The molecule has 2 heterocycles. The van der Waals surface area contributed by atoms with E-state index >= 15 is 0 Å². The molecule has 29 heavy (non-hydrogen) atoms. The second-order valence-electron chi connectivity index (χ2n) is 7.46. The second-order valence-corrected chi connectivity index (χ2v) is 8.27. The molecule has 0 aliphatic heterocycles. The molecule has 1 atom stereocenters. The second kappa shape index (κ2) is 8.59. The lowest BCUT2D eigenvalue weighted by atomic mass is 9.84. The van der Waals surface area contributed by atoms with Crippen LogP contribution in [0.15, 0.2) is 35.1 Å². The van der Waals surface area contributed by atoms with E-state index in [0.717, 1.165) is 49.0 Å². The summed E-state index contributed by atoms with van der Waals surface area (Å²) < 4.78 is 7.15. The first-order chi connectivity index (χ1) is 14.0. The number of aromatic nitrogens is 3. The molecule has 0 saturated heterocycles. The Morgan fingerprint density at radius 1 is 1.34 bits per heavy atom. The molecule has 0 saturated carbocycles. The molecule has 2 aromatic heterocycles. The van der Waals surface area contributed by atoms with Crippen LogP contribution < -0.4 is 5.32 Å². The van der Waals surface area contributed by atoms with E-state index < -0.39 is 0 Å². The number of aryl methyl sites for hydroxylation is 1. The number of rotatable bonds is 6. The van der Waals surface area contributed by atoms with Crippen LogP contribution in [0, 0.1) is 5.92 Å². The van der Waals surface area contributed by atoms with Gasteiger partial charge in [-0.1, -0.05) is 54.2 Å². The fourth-order valence-corrected chi connectivity index (χ4v) is 4.16. The van der Waals surface area contributed by atoms with Gasteiger partial charge in [0.05, 0.1) is 28.5 Å². The normalized spacial score (nSPS) is 15.9. The zero-order valence-corrected chi connectivity index (χ0v) is 17.6. The Kier molecular flexibility index (Phi) is 5.92. The van der Waals surface area contributed by atoms with Crippen molar-refractivity contribution in [2.24, 2.45) is 5.92 Å². The zero-order chi connectivity index (χ0) is 20.4. The summed E-state index contributed by atoms with van der Waals surface area (Å²) in [5.74, 6) is 1.17. The first-order valence-electron chi connectivity index (χ1n) is 9.78. The van der Waals surface area contributed by atoms with Crippen LogP contribution in [0.5, 0.6) is 0 Å². The van der Waals surface area contributed by atoms with E-state index in [1.165, 1.54) is 0 Å². The third-order valence-corrected chi connectivity index (χ3v) is 6.01. The summed E-state index contributed by atoms with van der Waals surface area (Å²) in [5, 5.41) is 12.2. The average Bonchev–Trinajstić information content (AvgIpc) is 3.31. The summed E-state index contributed by atoms with van der Waals surface area (Å²) in [4.78, 5) is 12.8. The predicted molar refractivity (Wildman–Crippen MR) is 113 cm³/mol. The molecule has 0 bridgehead atoms. The fourth-order valence-electron chi connectivity index (χ4n) is 3.84. The van der Waals surface area contributed by atoms with E-state index in [4.69, 9.17) is 27.7 Å². The molecule has 3 aromatic rings. The lowest BCUT2D eigenvalue weighted by Crippen LogP contribution is -2.18. The van der Waals surface area contributed by atoms with E-state index in [0.29, 0.717) is 33.9 Å². The number of fused-ring (bicyclic) bond motifs is 1. The van der Waals surface area contributed by atoms with E-state index in [9.17, 15) is 4.79 Å². The number of carbonyl (C=O) groups excluding carboxylic acids is 1. The highest BCUT2D eigenvalue weighted by Gasteiger charge is 2.28. The third kappa shape index (κ3) is 4.49. The van der Waals surface area contributed by atoms with Crippen molar-refractivity contribution < 1.29 is 9.32 Å². The SMILES string of the molecule is CCCC1CCc2onc(C(=O)Nc3cnn(Cc4ccc(Cl)c(Cl)c4)c3)c2C1. The van der Waals surface area contributed by atoms with Crippen LogP contribution in [0.2, 0.25) is 10.0 Å². The number of benzene rings is 1. The number of nitrogens with zero attached hydrogens (tertiary/aromatic N) is 3. The fraction of sp³-hybridized carbons (Fsp3) is 0.381. The first-order valence-corrected chi connectivity index (χ1v) is 10.5. The van der Waals surface area contributed by atoms with Crippen molar-refractivity contribution >= 4 is 34.8 Å². The maximum Gasteiger partial charge on any atom is 0.278 e. The van der Waals surface area contributed by atoms with Gasteiger partial charge in [0.2, 0.25) is 0 Å². The summed E-state index contributed by atoms with van der Waals surface area (Å²) in [7, 11) is 0. The van der Waals surface area contributed by atoms with Crippen LogP contribution in [-0.2, 0) is 19.4 Å². The van der Waals surface area contributed by atoms with Gasteiger partial charge < -0.3 is 9.84 Å². The molecule has 4 rings (SSSR count). The Bertz CT molecular complexity index is 1030. The quantitative estimate of drug-likeness (QED) is 0.566. The highest BCUT2D eigenvalue weighted by Crippen LogP contribution is 2.31. The topological polar surface area (TPSA) is 73.0 Å². The van der Waals surface area contributed by atoms with E-state index in [2.05, 4.69) is 22.5 Å². The number of hydrogen-bond acceptors (Lipinski definition) is 4. The molecule has 0 fully saturated rings. The molecule has 1 N–H and O–H groups in total. The van der Waals surface area contributed by atoms with Gasteiger partial charge in [-0.25, -0.2) is 0 Å². The van der Waals surface area contributed by atoms with Gasteiger partial charge in [-0.2, -0.15) is 5.10 Å². The number of hydrogen-bond donors (Lipinski definition) is 1. The van der Waals surface area contributed by atoms with Gasteiger partial charge in [0.1, 0.15) is 5.76 Å². The standard InChI is InChI=1S/C21H22Cl2N4O2/c1-2-3-13-5-7-19-16(8-13)20(26-29-19)21(28)25-15-10-24-27(12-15)11-14-4-6-17(22)18(23)9-14/h4,6,9-10,12-13H,2-3,5,7-8,11H2,1H3,(H,25,28). The van der Waals surface area contributed by atoms with Crippen molar-refractivity contribution in [1.29, 1.82) is 0 Å². The smallest absolute Gasteiger partial charge is 0.278 e. The Morgan fingerprint density at radius 3 is 3.00 bits per heavy atom. The highest BCUT2D eigenvalue weighted by molar-refractivity contribution is 6.42. The summed E-state index contributed by atoms with van der Waals surface area (Å²) in [6.07, 6.45) is 8.49. The molecule has 1 unspecified atom stereocenters. The minimum absolute atomic E-state index is 0.263. The zero-order valence-electron chi connectivity index (χ0n) is 16.1. The van der Waals surface area contributed by atoms with Crippen molar-refractivity contribution in [3.05, 3.63) is 63.2 Å². The minimum Gasteiger partial charge on any atom is -0.360 e. The summed E-state index contributed by atoms with van der Waals surface area (Å²) >= 11 is 12.0. The molecule has 152 valence electrons. The Morgan fingerprint density at radius 2 is 2.21 bits per heavy atom. The maximum absolute atomic E-state index is 12.8. The van der Waals surface area contributed by atoms with Crippen LogP contribution in [0.3, 0.4) is 0 Å². The molecule has 1 aliphatic rings. The van der Waals surface area contributed by atoms with Gasteiger partial charge in [0.25, 0.3) is 5.91 Å². The summed E-state index contributed by atoms with van der Waals surface area (Å²) in [5.41, 5.74) is 2.91. The Labute approximate surface area is 179 Å². The van der Waals surface area contributed by atoms with Gasteiger partial charge in [0.15, 0.2) is 5.69 Å². The number of nitrogens with one attached hydrogen (secondary N) is 1. The van der Waals surface area contributed by atoms with Crippen LogP contribution >= 0.6 is 23.2 Å². The van der Waals surface area contributed by atoms with Gasteiger partial charge in [-0.15, -0.1) is 0 Å². The molecular weight excluding hydrogens is 411 g/mol. The number of anilines is 1. The molecule has 1 aromatic carbocycles. The van der Waals surface area contributed by atoms with Crippen LogP contribution in [0.25, 0.3) is 0 Å². The molecule has 0 radical (unpaired) electrons. The highest BCUT2D eigenvalue weighted by atomic mass is 35.5. The van der Waals surface area contributed by atoms with Crippen molar-refractivity contribution in [1.82, 2.24) is 14.9 Å². The first kappa shape index (κ1) is 20.0. The van der Waals surface area contributed by atoms with Crippen LogP contribution in [0.4, 0.5) is 5.69 Å². The Balaban J connectivity index is 1.44. The maximum atomic E-state index is 12.8. The summed E-state index contributed by atoms with van der Waals surface area (Å²) in [6.45, 7) is 2.71. The van der Waals surface area contributed by atoms with Crippen LogP contribution in [-0.4, -0.2) is 20.8 Å². The lowest BCUT2D eigenvalue weighted by molar-refractivity contribution is 0.101. The molecule has 0 spiro atoms. The van der Waals surface area contributed by atoms with Crippen molar-refractivity contribution in [3.63, 3.8) is 0 Å². The van der Waals surface area contributed by atoms with Crippen molar-refractivity contribution in [2.75, 3.05) is 5.32 Å². The predicted octanol–water partition coefficient (Wildman–Crippen LogP) is 5.38. The van der Waals surface area contributed by atoms with Gasteiger partial charge >= 0.3 is 0 Å². The Hall–Kier alpha value is -2.31. The number of halogens is 2. The molecule has 6 nitrogen and oxygen atoms in total. The van der Waals surface area contributed by atoms with Crippen molar-refractivity contribution in [2.45, 2.75) is 45.6 Å². The molecule has 1 aliphatic carbocycles. The van der Waals surface area contributed by atoms with Crippen molar-refractivity contribution in [3.8, 4) is 0 Å². The number of amides is 1. The van der Waals surface area contributed by atoms with E-state index in [1.54, 1.807) is 29.2 Å². The largest absolute Gasteiger partial charge is 0.360 e. The van der Waals surface area contributed by atoms with E-state index in [-0.39, 0.29) is 5.91 Å². The lowest BCUT2D eigenvalue weighted by Gasteiger charge is -2.20. The van der Waals surface area contributed by atoms with Crippen LogP contribution in [0.1, 0.15) is 53.6 Å². The third-order valence-electron chi connectivity index (χ3n) is 5.27. The van der Waals surface area contributed by atoms with Gasteiger partial charge in [-0.3, -0.25) is 9.48 Å². The minimum atomic E-state index is -0.263. The summed E-state index contributed by atoms with van der Waals surface area (Å²) in [6, 6.07) is 5.45. The molecule has 1 amide bonds. The monoisotopic (exact) mass is 432 g/mol. The molecular formula is C21H22Cl2N4O2. The number of carbonyl (C=O) groups is 1. The molecule has 8 heteroatoms. The van der Waals surface area contributed by atoms with Gasteiger partial charge in [-0.05, 0) is 36.5 Å². The van der Waals surface area contributed by atoms with E-state index in [1.807, 2.05) is 6.07 Å². The average molecular weight is 433 g/mol.